The van der Waals surface area contributed by atoms with Crippen LogP contribution in [0, 0.1) is 11.3 Å². The van der Waals surface area contributed by atoms with Crippen molar-refractivity contribution in [2.45, 2.75) is 19.4 Å². The molecular weight excluding hydrogens is 426 g/mol. The van der Waals surface area contributed by atoms with Crippen LogP contribution in [0.5, 0.6) is 5.75 Å². The van der Waals surface area contributed by atoms with Crippen LogP contribution in [0.15, 0.2) is 66.7 Å². The highest BCUT2D eigenvalue weighted by molar-refractivity contribution is 6.31. The molecule has 4 rings (SSSR count). The molecule has 1 N–H and O–H groups in total. The van der Waals surface area contributed by atoms with Crippen LogP contribution in [0.2, 0.25) is 5.02 Å². The molecule has 0 unspecified atom stereocenters. The van der Waals surface area contributed by atoms with Crippen molar-refractivity contribution >= 4 is 34.8 Å². The molecule has 1 heterocycles. The van der Waals surface area contributed by atoms with Gasteiger partial charge in [-0.15, -0.1) is 0 Å². The van der Waals surface area contributed by atoms with Crippen LogP contribution in [0.4, 0.5) is 11.4 Å². The number of anilines is 2. The van der Waals surface area contributed by atoms with Crippen molar-refractivity contribution < 1.29 is 14.3 Å². The lowest BCUT2D eigenvalue weighted by atomic mass is 10.1. The van der Waals surface area contributed by atoms with E-state index in [0.29, 0.717) is 52.8 Å². The first kappa shape index (κ1) is 21.4. The predicted molar refractivity (Wildman–Crippen MR) is 123 cm³/mol. The van der Waals surface area contributed by atoms with E-state index in [1.54, 1.807) is 59.5 Å². The summed E-state index contributed by atoms with van der Waals surface area (Å²) >= 11 is 6.13. The zero-order valence-corrected chi connectivity index (χ0v) is 17.9. The maximum Gasteiger partial charge on any atom is 0.257 e. The van der Waals surface area contributed by atoms with Crippen molar-refractivity contribution in [2.24, 2.45) is 0 Å². The minimum absolute atomic E-state index is 0.0165. The summed E-state index contributed by atoms with van der Waals surface area (Å²) in [5.41, 5.74) is 2.90. The summed E-state index contributed by atoms with van der Waals surface area (Å²) in [5.74, 6) is 0.226. The second-order valence-corrected chi connectivity index (χ2v) is 7.83. The zero-order valence-electron chi connectivity index (χ0n) is 17.2. The van der Waals surface area contributed by atoms with E-state index < -0.39 is 0 Å². The number of rotatable bonds is 6. The molecule has 0 saturated carbocycles. The number of benzene rings is 3. The summed E-state index contributed by atoms with van der Waals surface area (Å²) in [4.78, 5) is 26.8. The molecule has 3 aromatic rings. The van der Waals surface area contributed by atoms with Crippen LogP contribution in [0.3, 0.4) is 0 Å². The van der Waals surface area contributed by atoms with Crippen LogP contribution in [-0.2, 0) is 11.4 Å². The Morgan fingerprint density at radius 1 is 1.12 bits per heavy atom. The van der Waals surface area contributed by atoms with Gasteiger partial charge < -0.3 is 15.0 Å². The number of nitrogens with one attached hydrogen (secondary N) is 1. The summed E-state index contributed by atoms with van der Waals surface area (Å²) in [5, 5.41) is 12.4. The molecule has 7 heteroatoms. The maximum absolute atomic E-state index is 13.0. The number of hydrogen-bond acceptors (Lipinski definition) is 4. The lowest BCUT2D eigenvalue weighted by Crippen LogP contribution is -2.27. The normalized spacial score (nSPS) is 13.0. The smallest absolute Gasteiger partial charge is 0.257 e. The molecule has 2 amide bonds. The van der Waals surface area contributed by atoms with Crippen molar-refractivity contribution in [1.29, 1.82) is 5.26 Å². The Morgan fingerprint density at radius 3 is 2.75 bits per heavy atom. The first-order valence-electron chi connectivity index (χ1n) is 10.2. The summed E-state index contributed by atoms with van der Waals surface area (Å²) < 4.78 is 5.82. The van der Waals surface area contributed by atoms with E-state index in [-0.39, 0.29) is 11.8 Å². The number of carbonyl (C=O) groups excluding carboxylic acids is 2. The fourth-order valence-corrected chi connectivity index (χ4v) is 3.75. The first-order chi connectivity index (χ1) is 15.5. The molecule has 0 atom stereocenters. The minimum Gasteiger partial charge on any atom is -0.489 e. The van der Waals surface area contributed by atoms with Crippen LogP contribution < -0.4 is 15.0 Å². The molecule has 0 spiro atoms. The van der Waals surface area contributed by atoms with Crippen molar-refractivity contribution in [1.82, 2.24) is 0 Å². The predicted octanol–water partition coefficient (Wildman–Crippen LogP) is 5.17. The number of hydrogen-bond donors (Lipinski definition) is 1. The molecule has 0 aromatic heterocycles. The van der Waals surface area contributed by atoms with Crippen molar-refractivity contribution in [2.75, 3.05) is 16.8 Å². The van der Waals surface area contributed by atoms with Crippen molar-refractivity contribution in [3.05, 3.63) is 88.4 Å². The Morgan fingerprint density at radius 2 is 1.97 bits per heavy atom. The number of nitriles is 1. The highest BCUT2D eigenvalue weighted by Crippen LogP contribution is 2.29. The molecule has 0 bridgehead atoms. The van der Waals surface area contributed by atoms with E-state index in [2.05, 4.69) is 11.4 Å². The van der Waals surface area contributed by atoms with E-state index in [1.807, 2.05) is 12.1 Å². The van der Waals surface area contributed by atoms with Gasteiger partial charge in [0.2, 0.25) is 5.91 Å². The summed E-state index contributed by atoms with van der Waals surface area (Å²) in [6, 6.07) is 21.3. The average Bonchev–Trinajstić information content (AvgIpc) is 3.23. The number of halogens is 1. The van der Waals surface area contributed by atoms with Gasteiger partial charge in [-0.25, -0.2) is 0 Å². The summed E-state index contributed by atoms with van der Waals surface area (Å²) in [7, 11) is 0. The number of carbonyl (C=O) groups is 2. The SMILES string of the molecule is N#Cc1cccc(COc2cccc(NC(=O)c3ccc(Cl)cc3N3CCCC3=O)c2)c1. The quantitative estimate of drug-likeness (QED) is 0.567. The fourth-order valence-electron chi connectivity index (χ4n) is 3.58. The molecule has 1 aliphatic heterocycles. The largest absolute Gasteiger partial charge is 0.489 e. The van der Waals surface area contributed by atoms with Gasteiger partial charge in [-0.05, 0) is 54.4 Å². The van der Waals surface area contributed by atoms with Gasteiger partial charge >= 0.3 is 0 Å². The molecule has 6 nitrogen and oxygen atoms in total. The Balaban J connectivity index is 1.49. The fraction of sp³-hybridized carbons (Fsp3) is 0.160. The van der Waals surface area contributed by atoms with Crippen molar-refractivity contribution in [3.63, 3.8) is 0 Å². The topological polar surface area (TPSA) is 82.4 Å². The van der Waals surface area contributed by atoms with E-state index in [9.17, 15) is 9.59 Å². The average molecular weight is 446 g/mol. The molecule has 32 heavy (non-hydrogen) atoms. The molecule has 160 valence electrons. The standard InChI is InChI=1S/C25H20ClN3O3/c26-19-9-10-22(23(13-19)29-11-3-8-24(29)30)25(31)28-20-6-2-7-21(14-20)32-16-18-5-1-4-17(12-18)15-27/h1-2,4-7,9-10,12-14H,3,8,11,16H2,(H,28,31). The number of amides is 2. The molecule has 3 aromatic carbocycles. The Labute approximate surface area is 191 Å². The summed E-state index contributed by atoms with van der Waals surface area (Å²) in [6.07, 6.45) is 1.22. The molecule has 0 aliphatic carbocycles. The van der Waals surface area contributed by atoms with Gasteiger partial charge in [0, 0.05) is 29.7 Å². The van der Waals surface area contributed by atoms with Crippen LogP contribution >= 0.6 is 11.6 Å². The van der Waals surface area contributed by atoms with Gasteiger partial charge in [0.1, 0.15) is 12.4 Å². The molecule has 1 saturated heterocycles. The zero-order chi connectivity index (χ0) is 22.5. The van der Waals surface area contributed by atoms with Crippen molar-refractivity contribution in [3.8, 4) is 11.8 Å². The second kappa shape index (κ2) is 9.54. The third-order valence-corrected chi connectivity index (χ3v) is 5.36. The molecular formula is C25H20ClN3O3. The van der Waals surface area contributed by atoms with E-state index >= 15 is 0 Å². The van der Waals surface area contributed by atoms with Gasteiger partial charge in [0.15, 0.2) is 0 Å². The first-order valence-corrected chi connectivity index (χ1v) is 10.5. The van der Waals surface area contributed by atoms with E-state index in [0.717, 1.165) is 12.0 Å². The highest BCUT2D eigenvalue weighted by Gasteiger charge is 2.26. The minimum atomic E-state index is -0.338. The number of ether oxygens (including phenoxy) is 1. The van der Waals surface area contributed by atoms with Gasteiger partial charge in [-0.2, -0.15) is 5.26 Å². The Bertz CT molecular complexity index is 1220. The highest BCUT2D eigenvalue weighted by atomic mass is 35.5. The van der Waals surface area contributed by atoms with Crippen LogP contribution in [-0.4, -0.2) is 18.4 Å². The summed E-state index contributed by atoms with van der Waals surface area (Å²) in [6.45, 7) is 0.862. The molecule has 1 fully saturated rings. The van der Waals surface area contributed by atoms with Crippen LogP contribution in [0.1, 0.15) is 34.3 Å². The molecule has 1 aliphatic rings. The van der Waals surface area contributed by atoms with Gasteiger partial charge in [-0.3, -0.25) is 9.59 Å². The lowest BCUT2D eigenvalue weighted by molar-refractivity contribution is -0.117. The van der Waals surface area contributed by atoms with Gasteiger partial charge in [0.05, 0.1) is 22.9 Å². The van der Waals surface area contributed by atoms with Gasteiger partial charge in [-0.1, -0.05) is 29.8 Å². The Kier molecular flexibility index (Phi) is 6.39. The van der Waals surface area contributed by atoms with E-state index in [4.69, 9.17) is 21.6 Å². The Hall–Kier alpha value is -3.82. The molecule has 0 radical (unpaired) electrons. The maximum atomic E-state index is 13.0. The number of nitrogens with zero attached hydrogens (tertiary/aromatic N) is 2. The van der Waals surface area contributed by atoms with Gasteiger partial charge in [0.25, 0.3) is 5.91 Å². The monoisotopic (exact) mass is 445 g/mol. The second-order valence-electron chi connectivity index (χ2n) is 7.39. The van der Waals surface area contributed by atoms with E-state index in [1.165, 1.54) is 0 Å². The third kappa shape index (κ3) is 4.90. The van der Waals surface area contributed by atoms with Crippen LogP contribution in [0.25, 0.3) is 0 Å². The lowest BCUT2D eigenvalue weighted by Gasteiger charge is -2.20. The third-order valence-electron chi connectivity index (χ3n) is 5.12.